The molecule has 2 nitrogen and oxygen atoms in total. The highest BCUT2D eigenvalue weighted by Crippen LogP contribution is 2.22. The molecule has 0 amide bonds. The van der Waals surface area contributed by atoms with Crippen LogP contribution >= 0.6 is 35.0 Å². The third-order valence-corrected chi connectivity index (χ3v) is 3.11. The number of halogens is 2. The maximum absolute atomic E-state index is 5.97. The van der Waals surface area contributed by atoms with Crippen LogP contribution in [0.3, 0.4) is 0 Å². The summed E-state index contributed by atoms with van der Waals surface area (Å²) < 4.78 is 4.94. The summed E-state index contributed by atoms with van der Waals surface area (Å²) in [4.78, 5) is 3.98. The Balaban J connectivity index is 2.42. The van der Waals surface area contributed by atoms with Crippen LogP contribution in [-0.4, -0.2) is 24.5 Å². The first kappa shape index (κ1) is 12.1. The highest BCUT2D eigenvalue weighted by molar-refractivity contribution is 7.98. The number of methoxy groups -OCH3 is 1. The van der Waals surface area contributed by atoms with E-state index < -0.39 is 0 Å². The van der Waals surface area contributed by atoms with Crippen LogP contribution in [0.15, 0.2) is 12.3 Å². The summed E-state index contributed by atoms with van der Waals surface area (Å²) in [5.74, 6) is 1.79. The van der Waals surface area contributed by atoms with Gasteiger partial charge in [-0.25, -0.2) is 4.98 Å². The van der Waals surface area contributed by atoms with Crippen LogP contribution in [-0.2, 0) is 10.5 Å². The first-order valence-electron chi connectivity index (χ1n) is 4.10. The molecule has 0 aliphatic rings. The molecule has 5 heteroatoms. The Morgan fingerprint density at radius 2 is 2.29 bits per heavy atom. The van der Waals surface area contributed by atoms with E-state index in [9.17, 15) is 0 Å². The van der Waals surface area contributed by atoms with E-state index in [0.717, 1.165) is 23.7 Å². The van der Waals surface area contributed by atoms with Crippen molar-refractivity contribution in [2.75, 3.05) is 19.5 Å². The van der Waals surface area contributed by atoms with E-state index in [2.05, 4.69) is 4.98 Å². The van der Waals surface area contributed by atoms with Gasteiger partial charge in [-0.15, -0.1) is 0 Å². The van der Waals surface area contributed by atoms with Crippen LogP contribution < -0.4 is 0 Å². The van der Waals surface area contributed by atoms with Crippen molar-refractivity contribution < 1.29 is 4.74 Å². The van der Waals surface area contributed by atoms with Gasteiger partial charge in [-0.1, -0.05) is 23.2 Å². The van der Waals surface area contributed by atoms with E-state index in [0.29, 0.717) is 10.2 Å². The highest BCUT2D eigenvalue weighted by atomic mass is 35.5. The van der Waals surface area contributed by atoms with Gasteiger partial charge in [0, 0.05) is 29.8 Å². The van der Waals surface area contributed by atoms with Crippen molar-refractivity contribution in [3.05, 3.63) is 28.0 Å². The van der Waals surface area contributed by atoms with Gasteiger partial charge in [-0.3, -0.25) is 0 Å². The van der Waals surface area contributed by atoms with E-state index in [-0.39, 0.29) is 0 Å². The van der Waals surface area contributed by atoms with E-state index in [1.165, 1.54) is 0 Å². The van der Waals surface area contributed by atoms with Gasteiger partial charge in [0.1, 0.15) is 5.15 Å². The maximum atomic E-state index is 5.97. The second kappa shape index (κ2) is 6.51. The van der Waals surface area contributed by atoms with Crippen LogP contribution in [0.4, 0.5) is 0 Å². The lowest BCUT2D eigenvalue weighted by Gasteiger charge is -2.03. The van der Waals surface area contributed by atoms with Crippen molar-refractivity contribution in [3.8, 4) is 0 Å². The first-order valence-corrected chi connectivity index (χ1v) is 6.01. The zero-order valence-corrected chi connectivity index (χ0v) is 10.1. The van der Waals surface area contributed by atoms with Gasteiger partial charge >= 0.3 is 0 Å². The Labute approximate surface area is 98.0 Å². The Morgan fingerprint density at radius 3 is 2.93 bits per heavy atom. The van der Waals surface area contributed by atoms with Gasteiger partial charge < -0.3 is 4.74 Å². The Bertz CT molecular complexity index is 296. The normalized spacial score (nSPS) is 10.5. The molecule has 1 aromatic rings. The van der Waals surface area contributed by atoms with Gasteiger partial charge in [0.25, 0.3) is 0 Å². The van der Waals surface area contributed by atoms with Crippen LogP contribution in [0.25, 0.3) is 0 Å². The number of thioether (sulfide) groups is 1. The van der Waals surface area contributed by atoms with Crippen molar-refractivity contribution in [1.29, 1.82) is 0 Å². The zero-order valence-electron chi connectivity index (χ0n) is 7.80. The molecule has 1 aromatic heterocycles. The largest absolute Gasteiger partial charge is 0.384 e. The molecule has 0 spiro atoms. The number of ether oxygens (including phenoxy) is 1. The summed E-state index contributed by atoms with van der Waals surface area (Å²) in [6, 6.07) is 1.66. The van der Waals surface area contributed by atoms with Crippen molar-refractivity contribution in [3.63, 3.8) is 0 Å². The number of pyridine rings is 1. The first-order chi connectivity index (χ1) is 6.74. The Morgan fingerprint density at radius 1 is 1.50 bits per heavy atom. The molecule has 78 valence electrons. The minimum atomic E-state index is 0.431. The molecule has 0 N–H and O–H groups in total. The molecule has 1 heterocycles. The lowest BCUT2D eigenvalue weighted by Crippen LogP contribution is -1.93. The fourth-order valence-electron chi connectivity index (χ4n) is 0.866. The summed E-state index contributed by atoms with van der Waals surface area (Å²) in [5, 5.41) is 1.11. The van der Waals surface area contributed by atoms with Crippen molar-refractivity contribution in [2.24, 2.45) is 0 Å². The predicted octanol–water partition coefficient (Wildman–Crippen LogP) is 3.27. The summed E-state index contributed by atoms with van der Waals surface area (Å²) in [5.41, 5.74) is 1.01. The molecule has 0 unspecified atom stereocenters. The predicted molar refractivity (Wildman–Crippen MR) is 62.3 cm³/mol. The fraction of sp³-hybridized carbons (Fsp3) is 0.444. The minimum absolute atomic E-state index is 0.431. The summed E-state index contributed by atoms with van der Waals surface area (Å²) in [6.45, 7) is 0.753. The topological polar surface area (TPSA) is 22.1 Å². The Hall–Kier alpha value is 0.0400. The van der Waals surface area contributed by atoms with Crippen LogP contribution in [0, 0.1) is 0 Å². The monoisotopic (exact) mass is 251 g/mol. The number of nitrogens with zero attached hydrogens (tertiary/aromatic N) is 1. The third kappa shape index (κ3) is 4.05. The summed E-state index contributed by atoms with van der Waals surface area (Å²) in [6.07, 6.45) is 1.71. The Kier molecular flexibility index (Phi) is 5.63. The van der Waals surface area contributed by atoms with Crippen LogP contribution in [0.2, 0.25) is 10.2 Å². The maximum Gasteiger partial charge on any atom is 0.130 e. The molecule has 0 bridgehead atoms. The van der Waals surface area contributed by atoms with Crippen molar-refractivity contribution in [1.82, 2.24) is 4.98 Å². The van der Waals surface area contributed by atoms with Crippen molar-refractivity contribution >= 4 is 35.0 Å². The SMILES string of the molecule is COCCSCc1cnc(Cl)cc1Cl. The number of aromatic nitrogens is 1. The average molecular weight is 252 g/mol. The third-order valence-electron chi connectivity index (χ3n) is 1.59. The molecule has 0 atom stereocenters. The molecule has 0 aliphatic heterocycles. The average Bonchev–Trinajstić information content (AvgIpc) is 2.15. The summed E-state index contributed by atoms with van der Waals surface area (Å²) in [7, 11) is 1.69. The molecule has 0 aromatic carbocycles. The van der Waals surface area contributed by atoms with E-state index in [1.54, 1.807) is 31.1 Å². The standard InChI is InChI=1S/C9H11Cl2NOS/c1-13-2-3-14-6-7-5-12-9(11)4-8(7)10/h4-5H,2-3,6H2,1H3. The lowest BCUT2D eigenvalue weighted by molar-refractivity contribution is 0.218. The van der Waals surface area contributed by atoms with Gasteiger partial charge in [0.15, 0.2) is 0 Å². The fourth-order valence-corrected chi connectivity index (χ4v) is 2.26. The molecular formula is C9H11Cl2NOS. The van der Waals surface area contributed by atoms with Gasteiger partial charge in [0.2, 0.25) is 0 Å². The molecule has 0 saturated heterocycles. The molecule has 0 saturated carbocycles. The number of hydrogen-bond donors (Lipinski definition) is 0. The highest BCUT2D eigenvalue weighted by Gasteiger charge is 2.01. The lowest BCUT2D eigenvalue weighted by atomic mass is 10.3. The second-order valence-electron chi connectivity index (χ2n) is 2.64. The molecule has 14 heavy (non-hydrogen) atoms. The minimum Gasteiger partial charge on any atom is -0.384 e. The second-order valence-corrected chi connectivity index (χ2v) is 4.54. The van der Waals surface area contributed by atoms with E-state index in [4.69, 9.17) is 27.9 Å². The smallest absolute Gasteiger partial charge is 0.130 e. The van der Waals surface area contributed by atoms with Crippen LogP contribution in [0.5, 0.6) is 0 Å². The van der Waals surface area contributed by atoms with Crippen LogP contribution in [0.1, 0.15) is 5.56 Å². The zero-order chi connectivity index (χ0) is 10.4. The van der Waals surface area contributed by atoms with Gasteiger partial charge in [-0.2, -0.15) is 11.8 Å². The molecule has 0 radical (unpaired) electrons. The molecule has 1 rings (SSSR count). The number of rotatable bonds is 5. The van der Waals surface area contributed by atoms with E-state index in [1.807, 2.05) is 0 Å². The van der Waals surface area contributed by atoms with Gasteiger partial charge in [0.05, 0.1) is 6.61 Å². The van der Waals surface area contributed by atoms with Gasteiger partial charge in [-0.05, 0) is 11.6 Å². The molecule has 0 fully saturated rings. The quantitative estimate of drug-likeness (QED) is 0.593. The number of hydrogen-bond acceptors (Lipinski definition) is 3. The summed E-state index contributed by atoms with van der Waals surface area (Å²) >= 11 is 13.4. The van der Waals surface area contributed by atoms with E-state index >= 15 is 0 Å². The molecular weight excluding hydrogens is 241 g/mol. The van der Waals surface area contributed by atoms with Crippen molar-refractivity contribution in [2.45, 2.75) is 5.75 Å². The molecule has 0 aliphatic carbocycles.